The van der Waals surface area contributed by atoms with Crippen molar-refractivity contribution in [2.75, 3.05) is 12.4 Å². The van der Waals surface area contributed by atoms with Gasteiger partial charge in [-0.1, -0.05) is 0 Å². The molecule has 2 rings (SSSR count). The Morgan fingerprint density at radius 3 is 2.80 bits per heavy atom. The number of sulfonamides is 1. The van der Waals surface area contributed by atoms with Gasteiger partial charge in [-0.2, -0.15) is 0 Å². The van der Waals surface area contributed by atoms with Gasteiger partial charge in [0.25, 0.3) is 0 Å². The summed E-state index contributed by atoms with van der Waals surface area (Å²) in [5.74, 6) is -0.528. The second-order valence-electron chi connectivity index (χ2n) is 4.45. The molecular weight excluding hydrogens is 302 g/mol. The van der Waals surface area contributed by atoms with Crippen molar-refractivity contribution < 1.29 is 23.1 Å². The predicted molar refractivity (Wildman–Crippen MR) is 74.5 cm³/mol. The number of hydrogen-bond donors (Lipinski definition) is 2. The summed E-state index contributed by atoms with van der Waals surface area (Å²) < 4.78 is 28.0. The van der Waals surface area contributed by atoms with E-state index in [0.717, 1.165) is 25.5 Å². The lowest BCUT2D eigenvalue weighted by atomic mass is 10.2. The van der Waals surface area contributed by atoms with E-state index < -0.39 is 16.0 Å². The molecule has 1 aromatic carbocycles. The van der Waals surface area contributed by atoms with E-state index in [4.69, 9.17) is 15.0 Å². The molecule has 8 heteroatoms. The zero-order chi connectivity index (χ0) is 14.8. The highest BCUT2D eigenvalue weighted by atomic mass is 32.2. The first-order chi connectivity index (χ1) is 9.38. The van der Waals surface area contributed by atoms with Crippen molar-refractivity contribution in [1.29, 1.82) is 0 Å². The van der Waals surface area contributed by atoms with E-state index in [2.05, 4.69) is 0 Å². The molecule has 1 unspecified atom stereocenters. The molecule has 1 fully saturated rings. The second kappa shape index (κ2) is 6.13. The lowest BCUT2D eigenvalue weighted by Crippen LogP contribution is -2.14. The van der Waals surface area contributed by atoms with Crippen LogP contribution in [0.25, 0.3) is 0 Å². The summed E-state index contributed by atoms with van der Waals surface area (Å²) >= 11 is 1.35. The first-order valence-corrected chi connectivity index (χ1v) is 8.55. The van der Waals surface area contributed by atoms with Crippen molar-refractivity contribution in [3.05, 3.63) is 23.8 Å². The molecule has 1 aromatic rings. The molecule has 6 nitrogen and oxygen atoms in total. The number of hydrogen-bond acceptors (Lipinski definition) is 5. The summed E-state index contributed by atoms with van der Waals surface area (Å²) in [6, 6.07) is 3.89. The quantitative estimate of drug-likeness (QED) is 0.793. The molecule has 1 aliphatic heterocycles. The first-order valence-electron chi connectivity index (χ1n) is 6.02. The standard InChI is InChI=1S/C12H15NO5S2/c13-20(16,17)9-3-4-11(10(6-9)12(14)15)19-7-8-2-1-5-18-8/h3-4,6,8H,1-2,5,7H2,(H,14,15)(H2,13,16,17). The summed E-state index contributed by atoms with van der Waals surface area (Å²) in [6.07, 6.45) is 2.10. The third kappa shape index (κ3) is 3.72. The van der Waals surface area contributed by atoms with E-state index in [0.29, 0.717) is 10.6 Å². The van der Waals surface area contributed by atoms with Gasteiger partial charge in [-0.3, -0.25) is 0 Å². The van der Waals surface area contributed by atoms with Gasteiger partial charge < -0.3 is 9.84 Å². The van der Waals surface area contributed by atoms with Gasteiger partial charge in [0.15, 0.2) is 0 Å². The Labute approximate surface area is 121 Å². The van der Waals surface area contributed by atoms with Crippen LogP contribution in [0.1, 0.15) is 23.2 Å². The molecular formula is C12H15NO5S2. The summed E-state index contributed by atoms with van der Waals surface area (Å²) in [4.78, 5) is 11.5. The number of aromatic carboxylic acids is 1. The van der Waals surface area contributed by atoms with Gasteiger partial charge in [-0.25, -0.2) is 18.4 Å². The number of carboxylic acid groups (broad SMARTS) is 1. The topological polar surface area (TPSA) is 107 Å². The van der Waals surface area contributed by atoms with Crippen LogP contribution >= 0.6 is 11.8 Å². The van der Waals surface area contributed by atoms with Crippen molar-refractivity contribution >= 4 is 27.8 Å². The molecule has 0 aromatic heterocycles. The Morgan fingerprint density at radius 1 is 1.50 bits per heavy atom. The maximum absolute atomic E-state index is 11.2. The molecule has 1 aliphatic rings. The minimum Gasteiger partial charge on any atom is -0.478 e. The fourth-order valence-corrected chi connectivity index (χ4v) is 3.57. The average Bonchev–Trinajstić information content (AvgIpc) is 2.88. The molecule has 1 saturated heterocycles. The van der Waals surface area contributed by atoms with Crippen LogP contribution in [0.15, 0.2) is 28.0 Å². The van der Waals surface area contributed by atoms with E-state index in [1.807, 2.05) is 0 Å². The molecule has 20 heavy (non-hydrogen) atoms. The number of carboxylic acids is 1. The van der Waals surface area contributed by atoms with Gasteiger partial charge in [0, 0.05) is 17.3 Å². The fraction of sp³-hybridized carbons (Fsp3) is 0.417. The number of carbonyl (C=O) groups is 1. The van der Waals surface area contributed by atoms with Gasteiger partial charge in [-0.15, -0.1) is 11.8 Å². The van der Waals surface area contributed by atoms with E-state index in [1.165, 1.54) is 23.9 Å². The van der Waals surface area contributed by atoms with Crippen LogP contribution in [0.4, 0.5) is 0 Å². The van der Waals surface area contributed by atoms with Crippen LogP contribution in [0.3, 0.4) is 0 Å². The van der Waals surface area contributed by atoms with Gasteiger partial charge in [0.2, 0.25) is 10.0 Å². The van der Waals surface area contributed by atoms with E-state index in [1.54, 1.807) is 0 Å². The average molecular weight is 317 g/mol. The van der Waals surface area contributed by atoms with E-state index in [9.17, 15) is 13.2 Å². The Bertz CT molecular complexity index is 608. The largest absolute Gasteiger partial charge is 0.478 e. The fourth-order valence-electron chi connectivity index (χ4n) is 1.94. The third-order valence-corrected chi connectivity index (χ3v) is 5.08. The number of ether oxygens (including phenoxy) is 1. The first kappa shape index (κ1) is 15.3. The van der Waals surface area contributed by atoms with Gasteiger partial charge in [0.1, 0.15) is 0 Å². The van der Waals surface area contributed by atoms with Crippen molar-refractivity contribution in [3.63, 3.8) is 0 Å². The molecule has 0 aliphatic carbocycles. The summed E-state index contributed by atoms with van der Waals surface area (Å²) in [7, 11) is -3.90. The maximum atomic E-state index is 11.2. The highest BCUT2D eigenvalue weighted by Gasteiger charge is 2.19. The highest BCUT2D eigenvalue weighted by molar-refractivity contribution is 7.99. The Morgan fingerprint density at radius 2 is 2.25 bits per heavy atom. The number of benzene rings is 1. The Kier molecular flexibility index (Phi) is 4.69. The summed E-state index contributed by atoms with van der Waals surface area (Å²) in [6.45, 7) is 0.737. The van der Waals surface area contributed by atoms with Gasteiger partial charge in [0.05, 0.1) is 16.6 Å². The Balaban J connectivity index is 2.21. The SMILES string of the molecule is NS(=O)(=O)c1ccc(SCC2CCCO2)c(C(=O)O)c1. The molecule has 0 bridgehead atoms. The van der Waals surface area contributed by atoms with Crippen molar-refractivity contribution in [3.8, 4) is 0 Å². The van der Waals surface area contributed by atoms with Crippen LogP contribution in [0, 0.1) is 0 Å². The smallest absolute Gasteiger partial charge is 0.336 e. The van der Waals surface area contributed by atoms with Crippen molar-refractivity contribution in [2.24, 2.45) is 5.14 Å². The maximum Gasteiger partial charge on any atom is 0.336 e. The minimum atomic E-state index is -3.90. The lowest BCUT2D eigenvalue weighted by Gasteiger charge is -2.11. The van der Waals surface area contributed by atoms with Gasteiger partial charge in [-0.05, 0) is 31.0 Å². The minimum absolute atomic E-state index is 0.0560. The zero-order valence-electron chi connectivity index (χ0n) is 10.6. The van der Waals surface area contributed by atoms with Crippen molar-refractivity contribution in [1.82, 2.24) is 0 Å². The molecule has 1 atom stereocenters. The molecule has 3 N–H and O–H groups in total. The molecule has 0 amide bonds. The number of rotatable bonds is 5. The van der Waals surface area contributed by atoms with Crippen LogP contribution < -0.4 is 5.14 Å². The summed E-state index contributed by atoms with van der Waals surface area (Å²) in [5, 5.41) is 14.2. The monoisotopic (exact) mass is 317 g/mol. The van der Waals surface area contributed by atoms with E-state index >= 15 is 0 Å². The Hall–Kier alpha value is -1.09. The second-order valence-corrected chi connectivity index (χ2v) is 7.08. The van der Waals surface area contributed by atoms with Crippen molar-refractivity contribution in [2.45, 2.75) is 28.7 Å². The molecule has 0 radical (unpaired) electrons. The highest BCUT2D eigenvalue weighted by Crippen LogP contribution is 2.28. The molecule has 0 saturated carbocycles. The third-order valence-electron chi connectivity index (χ3n) is 2.96. The van der Waals surface area contributed by atoms with Crippen LogP contribution in [-0.2, 0) is 14.8 Å². The van der Waals surface area contributed by atoms with Gasteiger partial charge >= 0.3 is 5.97 Å². The van der Waals surface area contributed by atoms with Crippen LogP contribution in [0.2, 0.25) is 0 Å². The predicted octanol–water partition coefficient (Wildman–Crippen LogP) is 1.30. The van der Waals surface area contributed by atoms with Crippen LogP contribution in [0.5, 0.6) is 0 Å². The zero-order valence-corrected chi connectivity index (χ0v) is 12.2. The number of primary sulfonamides is 1. The lowest BCUT2D eigenvalue weighted by molar-refractivity contribution is 0.0692. The number of nitrogens with two attached hydrogens (primary N) is 1. The molecule has 0 spiro atoms. The number of thioether (sulfide) groups is 1. The van der Waals surface area contributed by atoms with E-state index in [-0.39, 0.29) is 16.6 Å². The van der Waals surface area contributed by atoms with Crippen LogP contribution in [-0.4, -0.2) is 38.0 Å². The normalized spacial score (nSPS) is 19.1. The molecule has 1 heterocycles. The summed E-state index contributed by atoms with van der Waals surface area (Å²) in [5.41, 5.74) is -0.0560. The molecule has 110 valence electrons.